The van der Waals surface area contributed by atoms with Gasteiger partial charge in [-0.1, -0.05) is 20.8 Å². The minimum absolute atomic E-state index is 0.0642. The lowest BCUT2D eigenvalue weighted by atomic mass is 9.85. The number of carbonyl (C=O) groups excluding carboxylic acids is 1. The summed E-state index contributed by atoms with van der Waals surface area (Å²) in [5.74, 6) is 0.503. The van der Waals surface area contributed by atoms with E-state index >= 15 is 0 Å². The molecule has 0 aliphatic rings. The molecule has 15 heavy (non-hydrogen) atoms. The molecule has 1 aromatic rings. The van der Waals surface area contributed by atoms with Gasteiger partial charge in [-0.25, -0.2) is 0 Å². The molecule has 1 rings (SSSR count). The summed E-state index contributed by atoms with van der Waals surface area (Å²) in [5.41, 5.74) is 5.83. The largest absolute Gasteiger partial charge is 0.327 e. The van der Waals surface area contributed by atoms with Crippen molar-refractivity contribution in [1.29, 1.82) is 0 Å². The molecule has 1 heterocycles. The van der Waals surface area contributed by atoms with Gasteiger partial charge in [-0.05, 0) is 5.41 Å². The molecule has 5 heteroatoms. The van der Waals surface area contributed by atoms with E-state index in [9.17, 15) is 4.79 Å². The molecule has 0 saturated heterocycles. The highest BCUT2D eigenvalue weighted by Gasteiger charge is 2.23. The second-order valence-electron chi connectivity index (χ2n) is 4.70. The van der Waals surface area contributed by atoms with E-state index in [0.717, 1.165) is 0 Å². The van der Waals surface area contributed by atoms with E-state index in [1.807, 2.05) is 20.8 Å². The average molecular weight is 210 g/mol. The molecule has 0 aliphatic carbocycles. The van der Waals surface area contributed by atoms with Crippen molar-refractivity contribution in [1.82, 2.24) is 10.2 Å². The summed E-state index contributed by atoms with van der Waals surface area (Å²) in [5, 5.41) is 9.08. The molecule has 0 fully saturated rings. The Labute approximate surface area is 89.4 Å². The lowest BCUT2D eigenvalue weighted by Crippen LogP contribution is -2.38. The Hall–Kier alpha value is -1.36. The molecule has 0 bridgehead atoms. The predicted molar refractivity (Wildman–Crippen MR) is 59.3 cm³/mol. The molecule has 84 valence electrons. The summed E-state index contributed by atoms with van der Waals surface area (Å²) < 4.78 is 0. The first-order chi connectivity index (χ1) is 6.89. The van der Waals surface area contributed by atoms with E-state index in [4.69, 9.17) is 5.73 Å². The smallest absolute Gasteiger partial charge is 0.227 e. The van der Waals surface area contributed by atoms with Gasteiger partial charge in [0.15, 0.2) is 0 Å². The number of aromatic nitrogens is 2. The summed E-state index contributed by atoms with van der Waals surface area (Å²) in [7, 11) is 0. The Kier molecular flexibility index (Phi) is 3.47. The summed E-state index contributed by atoms with van der Waals surface area (Å²) in [6.45, 7) is 6.05. The monoisotopic (exact) mass is 210 g/mol. The van der Waals surface area contributed by atoms with Gasteiger partial charge in [0.05, 0.1) is 6.20 Å². The van der Waals surface area contributed by atoms with E-state index in [1.165, 1.54) is 0 Å². The zero-order valence-corrected chi connectivity index (χ0v) is 9.37. The van der Waals surface area contributed by atoms with Crippen LogP contribution in [0, 0.1) is 5.41 Å². The third-order valence-corrected chi connectivity index (χ3v) is 2.29. The lowest BCUT2D eigenvalue weighted by molar-refractivity contribution is -0.117. The molecule has 0 aliphatic heterocycles. The van der Waals surface area contributed by atoms with Crippen molar-refractivity contribution in [3.8, 4) is 0 Å². The standard InChI is InChI=1S/C10H18N4O/c1-10(2,3)7(11)6-9(15)13-8-4-5-12-14-8/h4-5,7H,6,11H2,1-3H3,(H2,12,13,14,15). The van der Waals surface area contributed by atoms with E-state index in [2.05, 4.69) is 15.5 Å². The zero-order chi connectivity index (χ0) is 11.5. The van der Waals surface area contributed by atoms with Gasteiger partial charge in [0.1, 0.15) is 5.82 Å². The van der Waals surface area contributed by atoms with Crippen LogP contribution in [-0.4, -0.2) is 22.1 Å². The Bertz CT molecular complexity index is 313. The van der Waals surface area contributed by atoms with Crippen LogP contribution in [0.25, 0.3) is 0 Å². The molecule has 4 N–H and O–H groups in total. The molecule has 1 atom stereocenters. The second kappa shape index (κ2) is 4.44. The van der Waals surface area contributed by atoms with Gasteiger partial charge in [0.25, 0.3) is 0 Å². The number of carbonyl (C=O) groups is 1. The molecule has 1 unspecified atom stereocenters. The molecule has 0 aromatic carbocycles. The number of aromatic amines is 1. The Morgan fingerprint density at radius 2 is 2.33 bits per heavy atom. The fourth-order valence-electron chi connectivity index (χ4n) is 1.03. The van der Waals surface area contributed by atoms with E-state index in [1.54, 1.807) is 12.3 Å². The van der Waals surface area contributed by atoms with Crippen LogP contribution in [0.2, 0.25) is 0 Å². The van der Waals surface area contributed by atoms with Crippen LogP contribution in [-0.2, 0) is 4.79 Å². The van der Waals surface area contributed by atoms with Gasteiger partial charge in [-0.15, -0.1) is 0 Å². The SMILES string of the molecule is CC(C)(C)C(N)CC(=O)Nc1ccn[nH]1. The lowest BCUT2D eigenvalue weighted by Gasteiger charge is -2.26. The van der Waals surface area contributed by atoms with Crippen molar-refractivity contribution in [3.63, 3.8) is 0 Å². The van der Waals surface area contributed by atoms with Gasteiger partial charge < -0.3 is 11.1 Å². The normalized spacial score (nSPS) is 13.6. The number of hydrogen-bond acceptors (Lipinski definition) is 3. The summed E-state index contributed by atoms with van der Waals surface area (Å²) in [6, 6.07) is 1.54. The fraction of sp³-hybridized carbons (Fsp3) is 0.600. The molecule has 0 saturated carbocycles. The first-order valence-electron chi connectivity index (χ1n) is 4.94. The number of nitrogens with two attached hydrogens (primary N) is 1. The van der Waals surface area contributed by atoms with Gasteiger partial charge in [-0.3, -0.25) is 9.89 Å². The van der Waals surface area contributed by atoms with Crippen molar-refractivity contribution in [2.24, 2.45) is 11.1 Å². The quantitative estimate of drug-likeness (QED) is 0.698. The Morgan fingerprint density at radius 1 is 1.67 bits per heavy atom. The number of anilines is 1. The molecular formula is C10H18N4O. The Morgan fingerprint density at radius 3 is 2.80 bits per heavy atom. The van der Waals surface area contributed by atoms with Crippen LogP contribution in [0.3, 0.4) is 0 Å². The second-order valence-corrected chi connectivity index (χ2v) is 4.70. The highest BCUT2D eigenvalue weighted by atomic mass is 16.1. The molecule has 1 aromatic heterocycles. The number of amides is 1. The minimum Gasteiger partial charge on any atom is -0.327 e. The zero-order valence-electron chi connectivity index (χ0n) is 9.37. The van der Waals surface area contributed by atoms with Crippen LogP contribution in [0.1, 0.15) is 27.2 Å². The van der Waals surface area contributed by atoms with E-state index < -0.39 is 0 Å². The van der Waals surface area contributed by atoms with Crippen LogP contribution in [0.15, 0.2) is 12.3 Å². The minimum atomic E-state index is -0.152. The van der Waals surface area contributed by atoms with Crippen LogP contribution in [0.4, 0.5) is 5.82 Å². The first-order valence-corrected chi connectivity index (χ1v) is 4.94. The maximum atomic E-state index is 11.5. The maximum absolute atomic E-state index is 11.5. The third kappa shape index (κ3) is 3.71. The number of rotatable bonds is 3. The number of nitrogens with one attached hydrogen (secondary N) is 2. The number of H-pyrrole nitrogens is 1. The molecule has 0 spiro atoms. The average Bonchev–Trinajstić information content (AvgIpc) is 2.54. The van der Waals surface area contributed by atoms with Gasteiger partial charge in [-0.2, -0.15) is 5.10 Å². The summed E-state index contributed by atoms with van der Waals surface area (Å²) in [4.78, 5) is 11.5. The fourth-order valence-corrected chi connectivity index (χ4v) is 1.03. The topological polar surface area (TPSA) is 83.8 Å². The van der Waals surface area contributed by atoms with Crippen molar-refractivity contribution >= 4 is 11.7 Å². The van der Waals surface area contributed by atoms with Crippen molar-refractivity contribution in [2.45, 2.75) is 33.2 Å². The first kappa shape index (κ1) is 11.7. The number of nitrogens with zero attached hydrogens (tertiary/aromatic N) is 1. The molecule has 5 nitrogen and oxygen atoms in total. The highest BCUT2D eigenvalue weighted by Crippen LogP contribution is 2.19. The van der Waals surface area contributed by atoms with Gasteiger partial charge in [0, 0.05) is 18.5 Å². The van der Waals surface area contributed by atoms with Gasteiger partial charge in [0.2, 0.25) is 5.91 Å². The summed E-state index contributed by atoms with van der Waals surface area (Å²) in [6.07, 6.45) is 1.89. The summed E-state index contributed by atoms with van der Waals surface area (Å²) >= 11 is 0. The van der Waals surface area contributed by atoms with Crippen LogP contribution >= 0.6 is 0 Å². The van der Waals surface area contributed by atoms with E-state index in [-0.39, 0.29) is 17.4 Å². The van der Waals surface area contributed by atoms with Gasteiger partial charge >= 0.3 is 0 Å². The van der Waals surface area contributed by atoms with Crippen molar-refractivity contribution in [2.75, 3.05) is 5.32 Å². The molecular weight excluding hydrogens is 192 g/mol. The highest BCUT2D eigenvalue weighted by molar-refractivity contribution is 5.90. The van der Waals surface area contributed by atoms with Crippen LogP contribution in [0.5, 0.6) is 0 Å². The maximum Gasteiger partial charge on any atom is 0.227 e. The molecule has 1 amide bonds. The van der Waals surface area contributed by atoms with Crippen molar-refractivity contribution < 1.29 is 4.79 Å². The predicted octanol–water partition coefficient (Wildman–Crippen LogP) is 1.11. The molecule has 0 radical (unpaired) electrons. The third-order valence-electron chi connectivity index (χ3n) is 2.29. The number of hydrogen-bond donors (Lipinski definition) is 3. The van der Waals surface area contributed by atoms with Crippen LogP contribution < -0.4 is 11.1 Å². The Balaban J connectivity index is 2.43. The van der Waals surface area contributed by atoms with E-state index in [0.29, 0.717) is 12.2 Å². The van der Waals surface area contributed by atoms with Crippen molar-refractivity contribution in [3.05, 3.63) is 12.3 Å².